The van der Waals surface area contributed by atoms with Gasteiger partial charge in [-0.3, -0.25) is 4.98 Å². The molecule has 5 heteroatoms. The Morgan fingerprint density at radius 1 is 1.53 bits per heavy atom. The van der Waals surface area contributed by atoms with Crippen molar-refractivity contribution in [3.8, 4) is 0 Å². The van der Waals surface area contributed by atoms with Crippen molar-refractivity contribution < 1.29 is 4.74 Å². The maximum atomic E-state index is 5.97. The van der Waals surface area contributed by atoms with Gasteiger partial charge in [-0.25, -0.2) is 4.98 Å². The van der Waals surface area contributed by atoms with Crippen LogP contribution in [0.4, 0.5) is 5.95 Å². The van der Waals surface area contributed by atoms with Gasteiger partial charge >= 0.3 is 0 Å². The minimum Gasteiger partial charge on any atom is -0.378 e. The van der Waals surface area contributed by atoms with Crippen molar-refractivity contribution in [2.75, 3.05) is 12.3 Å². The smallest absolute Gasteiger partial charge is 0.201 e. The number of pyridine rings is 1. The van der Waals surface area contributed by atoms with Crippen LogP contribution >= 0.6 is 0 Å². The molecule has 0 unspecified atom stereocenters. The first-order valence-electron chi connectivity index (χ1n) is 5.98. The Balaban J connectivity index is 1.89. The quantitative estimate of drug-likeness (QED) is 0.875. The lowest BCUT2D eigenvalue weighted by atomic mass is 9.89. The van der Waals surface area contributed by atoms with E-state index in [-0.39, 0.29) is 0 Å². The highest BCUT2D eigenvalue weighted by Gasteiger charge is 2.32. The molecule has 1 saturated carbocycles. The molecule has 0 bridgehead atoms. The summed E-state index contributed by atoms with van der Waals surface area (Å²) in [5, 5.41) is 0. The summed E-state index contributed by atoms with van der Waals surface area (Å²) in [5.74, 6) is 0.577. The van der Waals surface area contributed by atoms with Crippen LogP contribution in [-0.4, -0.2) is 27.2 Å². The molecule has 2 aromatic rings. The Morgan fingerprint density at radius 2 is 2.35 bits per heavy atom. The van der Waals surface area contributed by atoms with E-state index in [1.807, 2.05) is 13.0 Å². The summed E-state index contributed by atoms with van der Waals surface area (Å²) in [6, 6.07) is 2.38. The largest absolute Gasteiger partial charge is 0.378 e. The van der Waals surface area contributed by atoms with Crippen LogP contribution < -0.4 is 5.73 Å². The van der Waals surface area contributed by atoms with E-state index in [9.17, 15) is 0 Å². The topological polar surface area (TPSA) is 66.0 Å². The molecule has 0 atom stereocenters. The van der Waals surface area contributed by atoms with Crippen LogP contribution in [0.1, 0.15) is 25.8 Å². The molecule has 0 amide bonds. The van der Waals surface area contributed by atoms with Crippen molar-refractivity contribution in [1.82, 2.24) is 14.5 Å². The minimum absolute atomic E-state index is 0.378. The van der Waals surface area contributed by atoms with Crippen molar-refractivity contribution in [3.05, 3.63) is 18.5 Å². The number of fused-ring (bicyclic) bond motifs is 1. The number of nitrogens with zero attached hydrogens (tertiary/aromatic N) is 3. The van der Waals surface area contributed by atoms with Crippen molar-refractivity contribution in [1.29, 1.82) is 0 Å². The predicted octanol–water partition coefficient (Wildman–Crippen LogP) is 1.75. The zero-order valence-corrected chi connectivity index (χ0v) is 9.84. The molecule has 0 radical (unpaired) electrons. The second kappa shape index (κ2) is 4.00. The molecule has 2 aromatic heterocycles. The molecule has 0 spiro atoms. The molecule has 1 aliphatic rings. The summed E-state index contributed by atoms with van der Waals surface area (Å²) in [4.78, 5) is 8.38. The fourth-order valence-electron chi connectivity index (χ4n) is 2.47. The summed E-state index contributed by atoms with van der Waals surface area (Å²) in [6.45, 7) is 2.81. The van der Waals surface area contributed by atoms with Gasteiger partial charge in [-0.05, 0) is 25.8 Å². The lowest BCUT2D eigenvalue weighted by molar-refractivity contribution is -0.0181. The van der Waals surface area contributed by atoms with Crippen molar-refractivity contribution in [2.45, 2.75) is 31.9 Å². The van der Waals surface area contributed by atoms with E-state index < -0.39 is 0 Å². The zero-order valence-electron chi connectivity index (χ0n) is 9.84. The monoisotopic (exact) mass is 232 g/mol. The molecule has 90 valence electrons. The highest BCUT2D eigenvalue weighted by Crippen LogP contribution is 2.38. The number of aromatic nitrogens is 3. The molecule has 1 aliphatic carbocycles. The molecular weight excluding hydrogens is 216 g/mol. The summed E-state index contributed by atoms with van der Waals surface area (Å²) in [6.07, 6.45) is 5.95. The van der Waals surface area contributed by atoms with Gasteiger partial charge in [-0.15, -0.1) is 0 Å². The Bertz CT molecular complexity index is 530. The molecule has 0 saturated heterocycles. The Morgan fingerprint density at radius 3 is 3.12 bits per heavy atom. The van der Waals surface area contributed by atoms with Crippen molar-refractivity contribution in [3.63, 3.8) is 0 Å². The van der Waals surface area contributed by atoms with Gasteiger partial charge in [-0.1, -0.05) is 0 Å². The van der Waals surface area contributed by atoms with E-state index in [0.717, 1.165) is 30.5 Å². The predicted molar refractivity (Wildman–Crippen MR) is 65.6 cm³/mol. The van der Waals surface area contributed by atoms with E-state index in [0.29, 0.717) is 18.1 Å². The standard InChI is InChI=1S/C12H16N4O/c1-2-17-9-5-8(6-9)16-11-3-4-14-7-10(11)15-12(16)13/h3-4,7-9H,2,5-6H2,1H3,(H2,13,15). The van der Waals surface area contributed by atoms with Crippen molar-refractivity contribution >= 4 is 17.0 Å². The van der Waals surface area contributed by atoms with Gasteiger partial charge in [-0.2, -0.15) is 0 Å². The van der Waals surface area contributed by atoms with E-state index in [2.05, 4.69) is 14.5 Å². The Kier molecular flexibility index (Phi) is 2.48. The number of anilines is 1. The number of imidazole rings is 1. The minimum atomic E-state index is 0.378. The van der Waals surface area contributed by atoms with Crippen LogP contribution in [0.5, 0.6) is 0 Å². The number of ether oxygens (including phenoxy) is 1. The van der Waals surface area contributed by atoms with Crippen LogP contribution in [0, 0.1) is 0 Å². The normalized spacial score (nSPS) is 23.8. The summed E-state index contributed by atoms with van der Waals surface area (Å²) >= 11 is 0. The molecular formula is C12H16N4O. The van der Waals surface area contributed by atoms with Gasteiger partial charge < -0.3 is 15.0 Å². The number of hydrogen-bond acceptors (Lipinski definition) is 4. The maximum absolute atomic E-state index is 5.97. The maximum Gasteiger partial charge on any atom is 0.201 e. The second-order valence-corrected chi connectivity index (χ2v) is 4.41. The van der Waals surface area contributed by atoms with Crippen LogP contribution in [0.2, 0.25) is 0 Å². The van der Waals surface area contributed by atoms with Gasteiger partial charge in [0.05, 0.1) is 17.8 Å². The SMILES string of the molecule is CCOC1CC(n2c(N)nc3cnccc32)C1. The van der Waals surface area contributed by atoms with Gasteiger partial charge in [0, 0.05) is 18.8 Å². The van der Waals surface area contributed by atoms with Gasteiger partial charge in [0.2, 0.25) is 5.95 Å². The van der Waals surface area contributed by atoms with Crippen LogP contribution in [0.25, 0.3) is 11.0 Å². The third kappa shape index (κ3) is 1.67. The number of nitrogen functional groups attached to an aromatic ring is 1. The van der Waals surface area contributed by atoms with E-state index in [4.69, 9.17) is 10.5 Å². The van der Waals surface area contributed by atoms with Crippen LogP contribution in [0.3, 0.4) is 0 Å². The first-order chi connectivity index (χ1) is 8.29. The highest BCUT2D eigenvalue weighted by atomic mass is 16.5. The van der Waals surface area contributed by atoms with Crippen molar-refractivity contribution in [2.24, 2.45) is 0 Å². The number of nitrogens with two attached hydrogens (primary N) is 1. The molecule has 0 aromatic carbocycles. The molecule has 17 heavy (non-hydrogen) atoms. The average Bonchev–Trinajstić information content (AvgIpc) is 2.59. The molecule has 5 nitrogen and oxygen atoms in total. The van der Waals surface area contributed by atoms with Gasteiger partial charge in [0.25, 0.3) is 0 Å². The Hall–Kier alpha value is -1.62. The molecule has 2 N–H and O–H groups in total. The van der Waals surface area contributed by atoms with E-state index in [1.165, 1.54) is 0 Å². The average molecular weight is 232 g/mol. The lowest BCUT2D eigenvalue weighted by Crippen LogP contribution is -2.33. The second-order valence-electron chi connectivity index (χ2n) is 4.41. The summed E-state index contributed by atoms with van der Waals surface area (Å²) in [7, 11) is 0. The first kappa shape index (κ1) is 10.5. The molecule has 0 aliphatic heterocycles. The lowest BCUT2D eigenvalue weighted by Gasteiger charge is -2.36. The number of hydrogen-bond donors (Lipinski definition) is 1. The third-order valence-corrected chi connectivity index (χ3v) is 3.36. The zero-order chi connectivity index (χ0) is 11.8. The summed E-state index contributed by atoms with van der Waals surface area (Å²) in [5.41, 5.74) is 7.90. The van der Waals surface area contributed by atoms with Crippen LogP contribution in [-0.2, 0) is 4.74 Å². The summed E-state index contributed by atoms with van der Waals surface area (Å²) < 4.78 is 7.67. The highest BCUT2D eigenvalue weighted by molar-refractivity contribution is 5.77. The fourth-order valence-corrected chi connectivity index (χ4v) is 2.47. The molecule has 2 heterocycles. The van der Waals surface area contributed by atoms with Gasteiger partial charge in [0.15, 0.2) is 0 Å². The third-order valence-electron chi connectivity index (χ3n) is 3.36. The molecule has 1 fully saturated rings. The fraction of sp³-hybridized carbons (Fsp3) is 0.500. The van der Waals surface area contributed by atoms with E-state index >= 15 is 0 Å². The van der Waals surface area contributed by atoms with Gasteiger partial charge in [0.1, 0.15) is 5.52 Å². The molecule has 3 rings (SSSR count). The first-order valence-corrected chi connectivity index (χ1v) is 5.98. The van der Waals surface area contributed by atoms with E-state index in [1.54, 1.807) is 12.4 Å². The Labute approximate surface area is 99.6 Å². The van der Waals surface area contributed by atoms with Crippen LogP contribution in [0.15, 0.2) is 18.5 Å². The number of rotatable bonds is 3.